The van der Waals surface area contributed by atoms with Gasteiger partial charge in [0, 0.05) is 24.1 Å². The molecular formula is C21H19FN4O5S. The number of thioether (sulfide) groups is 1. The van der Waals surface area contributed by atoms with Gasteiger partial charge in [-0.05, 0) is 36.6 Å². The van der Waals surface area contributed by atoms with E-state index in [9.17, 15) is 14.3 Å². The molecule has 3 rings (SSSR count). The Kier molecular flexibility index (Phi) is 7.21. The minimum Gasteiger partial charge on any atom is -0.493 e. The number of ether oxygens (including phenoxy) is 2. The number of rotatable bonds is 6. The minimum absolute atomic E-state index is 0.00914. The van der Waals surface area contributed by atoms with Crippen molar-refractivity contribution in [3.05, 3.63) is 53.7 Å². The van der Waals surface area contributed by atoms with E-state index in [0.717, 1.165) is 17.8 Å². The number of hydrogen-bond donors (Lipinski definition) is 1. The molecule has 0 radical (unpaired) electrons. The van der Waals surface area contributed by atoms with E-state index in [-0.39, 0.29) is 27.8 Å². The maximum absolute atomic E-state index is 15.0. The normalized spacial score (nSPS) is 12.0. The molecule has 3 aromatic rings. The first-order valence-corrected chi connectivity index (χ1v) is 10.4. The van der Waals surface area contributed by atoms with Crippen LogP contribution in [0, 0.1) is 12.7 Å². The van der Waals surface area contributed by atoms with Crippen molar-refractivity contribution in [2.45, 2.75) is 6.92 Å². The van der Waals surface area contributed by atoms with Crippen LogP contribution in [0.5, 0.6) is 11.5 Å². The van der Waals surface area contributed by atoms with Gasteiger partial charge in [0.15, 0.2) is 11.5 Å². The Balaban J connectivity index is 2.13. The first-order chi connectivity index (χ1) is 15.4. The van der Waals surface area contributed by atoms with Gasteiger partial charge in [-0.15, -0.1) is 11.8 Å². The molecule has 1 heterocycles. The van der Waals surface area contributed by atoms with Crippen molar-refractivity contribution < 1.29 is 28.3 Å². The summed E-state index contributed by atoms with van der Waals surface area (Å²) in [5.41, 5.74) is 1.17. The van der Waals surface area contributed by atoms with Crippen molar-refractivity contribution in [1.82, 2.24) is 10.1 Å². The third kappa shape index (κ3) is 5.11. The average molecular weight is 458 g/mol. The van der Waals surface area contributed by atoms with Gasteiger partial charge in [-0.3, -0.25) is 0 Å². The quantitative estimate of drug-likeness (QED) is 0.415. The number of carbonyl (C=O) groups is 1. The first-order valence-electron chi connectivity index (χ1n) is 9.13. The third-order valence-electron chi connectivity index (χ3n) is 4.22. The number of nitrogens with zero attached hydrogens (tertiary/aromatic N) is 4. The average Bonchev–Trinajstić information content (AvgIpc) is 3.22. The molecule has 0 aliphatic heterocycles. The number of methoxy groups -OCH3 is 2. The number of amides is 1. The third-order valence-corrected chi connectivity index (χ3v) is 4.89. The second kappa shape index (κ2) is 10.1. The van der Waals surface area contributed by atoms with Gasteiger partial charge in [-0.1, -0.05) is 5.16 Å². The highest BCUT2D eigenvalue weighted by Crippen LogP contribution is 2.32. The van der Waals surface area contributed by atoms with Gasteiger partial charge in [-0.25, -0.2) is 14.2 Å². The van der Waals surface area contributed by atoms with Crippen LogP contribution in [0.3, 0.4) is 0 Å². The molecule has 32 heavy (non-hydrogen) atoms. The van der Waals surface area contributed by atoms with Crippen LogP contribution in [-0.2, 0) is 0 Å². The number of benzene rings is 2. The summed E-state index contributed by atoms with van der Waals surface area (Å²) >= 11 is 1.02. The fraction of sp³-hybridized carbons (Fsp3) is 0.190. The van der Waals surface area contributed by atoms with Gasteiger partial charge in [0.25, 0.3) is 0 Å². The lowest BCUT2D eigenvalue weighted by Crippen LogP contribution is -2.16. The maximum atomic E-state index is 15.0. The van der Waals surface area contributed by atoms with Crippen molar-refractivity contribution in [3.63, 3.8) is 0 Å². The second-order valence-electron chi connectivity index (χ2n) is 6.23. The van der Waals surface area contributed by atoms with Crippen LogP contribution in [0.1, 0.15) is 11.5 Å². The van der Waals surface area contributed by atoms with E-state index in [2.05, 4.69) is 20.1 Å². The summed E-state index contributed by atoms with van der Waals surface area (Å²) in [6.45, 7) is 1.69. The smallest absolute Gasteiger partial charge is 0.432 e. The molecule has 0 saturated heterocycles. The number of hydrogen-bond acceptors (Lipinski definition) is 8. The standard InChI is InChI=1S/C21H19FN4O5S/c1-11-23-19(26-31-11)12-5-7-13(8-6-12)24-18(20(32-4)25-21(27)28)14-9-16(29-2)17(30-3)10-15(14)22/h5-10H,1-4H3,(H,27,28). The fourth-order valence-electron chi connectivity index (χ4n) is 2.77. The van der Waals surface area contributed by atoms with Crippen molar-refractivity contribution in [1.29, 1.82) is 0 Å². The van der Waals surface area contributed by atoms with Gasteiger partial charge in [0.2, 0.25) is 11.7 Å². The number of aliphatic imine (C=N–C) groups is 2. The van der Waals surface area contributed by atoms with Crippen molar-refractivity contribution in [2.24, 2.45) is 9.98 Å². The van der Waals surface area contributed by atoms with Crippen LogP contribution in [-0.4, -0.2) is 52.6 Å². The van der Waals surface area contributed by atoms with E-state index in [4.69, 9.17) is 14.0 Å². The molecule has 0 atom stereocenters. The van der Waals surface area contributed by atoms with Gasteiger partial charge < -0.3 is 19.1 Å². The maximum Gasteiger partial charge on any atom is 0.432 e. The topological polar surface area (TPSA) is 119 Å². The summed E-state index contributed by atoms with van der Waals surface area (Å²) in [5, 5.41) is 13.1. The molecule has 0 saturated carbocycles. The molecule has 0 spiro atoms. The Hall–Kier alpha value is -3.73. The molecule has 2 aromatic carbocycles. The number of aromatic nitrogens is 2. The molecule has 0 aliphatic carbocycles. The Bertz CT molecular complexity index is 1190. The van der Waals surface area contributed by atoms with E-state index in [1.807, 2.05) is 0 Å². The minimum atomic E-state index is -1.43. The van der Waals surface area contributed by atoms with Crippen LogP contribution in [0.4, 0.5) is 14.9 Å². The van der Waals surface area contributed by atoms with Crippen molar-refractivity contribution in [2.75, 3.05) is 20.5 Å². The molecule has 1 aromatic heterocycles. The van der Waals surface area contributed by atoms with E-state index >= 15 is 0 Å². The number of halogens is 1. The lowest BCUT2D eigenvalue weighted by Gasteiger charge is -2.13. The molecular weight excluding hydrogens is 439 g/mol. The summed E-state index contributed by atoms with van der Waals surface area (Å²) in [6.07, 6.45) is 0.197. The lowest BCUT2D eigenvalue weighted by atomic mass is 10.1. The van der Waals surface area contributed by atoms with Gasteiger partial charge in [-0.2, -0.15) is 9.98 Å². The number of carboxylic acid groups (broad SMARTS) is 1. The van der Waals surface area contributed by atoms with Crippen LogP contribution in [0.2, 0.25) is 0 Å². The predicted molar refractivity (Wildman–Crippen MR) is 119 cm³/mol. The Morgan fingerprint density at radius 2 is 1.81 bits per heavy atom. The highest BCUT2D eigenvalue weighted by Gasteiger charge is 2.21. The van der Waals surface area contributed by atoms with E-state index < -0.39 is 11.9 Å². The monoisotopic (exact) mass is 458 g/mol. The van der Waals surface area contributed by atoms with Crippen LogP contribution in [0.15, 0.2) is 50.9 Å². The summed E-state index contributed by atoms with van der Waals surface area (Å²) in [6, 6.07) is 9.30. The molecule has 11 heteroatoms. The molecule has 1 amide bonds. The fourth-order valence-corrected chi connectivity index (χ4v) is 3.29. The predicted octanol–water partition coefficient (Wildman–Crippen LogP) is 4.76. The van der Waals surface area contributed by atoms with Gasteiger partial charge in [0.1, 0.15) is 16.6 Å². The molecule has 9 nitrogen and oxygen atoms in total. The van der Waals surface area contributed by atoms with E-state index in [0.29, 0.717) is 23.0 Å². The summed E-state index contributed by atoms with van der Waals surface area (Å²) < 4.78 is 30.3. The summed E-state index contributed by atoms with van der Waals surface area (Å²) in [4.78, 5) is 23.5. The van der Waals surface area contributed by atoms with E-state index in [1.54, 1.807) is 37.4 Å². The van der Waals surface area contributed by atoms with Crippen molar-refractivity contribution in [3.8, 4) is 22.9 Å². The Labute approximate surface area is 187 Å². The molecule has 0 fully saturated rings. The van der Waals surface area contributed by atoms with Crippen LogP contribution < -0.4 is 9.47 Å². The summed E-state index contributed by atoms with van der Waals surface area (Å²) in [7, 11) is 2.80. The molecule has 0 bridgehead atoms. The number of aryl methyl sites for hydroxylation is 1. The Morgan fingerprint density at radius 3 is 2.34 bits per heavy atom. The molecule has 0 aliphatic rings. The Morgan fingerprint density at radius 1 is 1.16 bits per heavy atom. The zero-order chi connectivity index (χ0) is 23.3. The van der Waals surface area contributed by atoms with Crippen LogP contribution >= 0.6 is 11.8 Å². The van der Waals surface area contributed by atoms with Crippen LogP contribution in [0.25, 0.3) is 11.4 Å². The summed E-state index contributed by atoms with van der Waals surface area (Å²) in [5.74, 6) is 0.626. The molecule has 0 unspecified atom stereocenters. The van der Waals surface area contributed by atoms with E-state index in [1.165, 1.54) is 20.3 Å². The molecule has 166 valence electrons. The highest BCUT2D eigenvalue weighted by molar-refractivity contribution is 8.15. The van der Waals surface area contributed by atoms with Gasteiger partial charge in [0.05, 0.1) is 19.9 Å². The highest BCUT2D eigenvalue weighted by atomic mass is 32.2. The second-order valence-corrected chi connectivity index (χ2v) is 7.03. The van der Waals surface area contributed by atoms with Crippen molar-refractivity contribution >= 4 is 34.3 Å². The largest absolute Gasteiger partial charge is 0.493 e. The zero-order valence-corrected chi connectivity index (χ0v) is 18.4. The SMILES string of the molecule is COc1cc(F)c(C(=Nc2ccc(-c3noc(C)n3)cc2)C(=NC(=O)O)SC)cc1OC. The molecule has 1 N–H and O–H groups in total. The van der Waals surface area contributed by atoms with Gasteiger partial charge >= 0.3 is 6.09 Å². The zero-order valence-electron chi connectivity index (χ0n) is 17.6. The first kappa shape index (κ1) is 22.9. The lowest BCUT2D eigenvalue weighted by molar-refractivity contribution is 0.206.